The monoisotopic (exact) mass is 357 g/mol. The molecule has 1 aromatic rings. The second kappa shape index (κ2) is 8.67. The Bertz CT molecular complexity index is 630. The Morgan fingerprint density at radius 3 is 2.23 bits per heavy atom. The molecular formula is C21H31N3O2. The van der Waals surface area contributed by atoms with Gasteiger partial charge in [0.25, 0.3) is 5.91 Å². The average Bonchev–Trinajstić information content (AvgIpc) is 2.68. The van der Waals surface area contributed by atoms with E-state index in [0.29, 0.717) is 12.3 Å². The van der Waals surface area contributed by atoms with Gasteiger partial charge in [-0.25, -0.2) is 0 Å². The Balaban J connectivity index is 1.44. The van der Waals surface area contributed by atoms with E-state index in [2.05, 4.69) is 4.90 Å². The third kappa shape index (κ3) is 4.44. The second-order valence-corrected chi connectivity index (χ2v) is 7.59. The maximum Gasteiger partial charge on any atom is 0.254 e. The van der Waals surface area contributed by atoms with Crippen LogP contribution < -0.4 is 0 Å². The zero-order chi connectivity index (χ0) is 18.5. The minimum atomic E-state index is 0.161. The van der Waals surface area contributed by atoms with Gasteiger partial charge in [-0.05, 0) is 37.3 Å². The van der Waals surface area contributed by atoms with Crippen LogP contribution in [0.4, 0.5) is 0 Å². The second-order valence-electron chi connectivity index (χ2n) is 7.59. The highest BCUT2D eigenvalue weighted by molar-refractivity contribution is 5.95. The van der Waals surface area contributed by atoms with Gasteiger partial charge in [0.2, 0.25) is 5.91 Å². The summed E-state index contributed by atoms with van der Waals surface area (Å²) in [5.41, 5.74) is 1.88. The topological polar surface area (TPSA) is 43.9 Å². The molecule has 0 spiro atoms. The highest BCUT2D eigenvalue weighted by atomic mass is 16.2. The lowest BCUT2D eigenvalue weighted by Gasteiger charge is -2.39. The molecule has 2 aliphatic rings. The Morgan fingerprint density at radius 1 is 0.962 bits per heavy atom. The van der Waals surface area contributed by atoms with E-state index in [-0.39, 0.29) is 11.8 Å². The number of piperidine rings is 1. The highest BCUT2D eigenvalue weighted by Gasteiger charge is 2.27. The van der Waals surface area contributed by atoms with E-state index in [1.807, 2.05) is 47.9 Å². The van der Waals surface area contributed by atoms with Crippen molar-refractivity contribution in [3.8, 4) is 0 Å². The van der Waals surface area contributed by atoms with Crippen LogP contribution in [0, 0.1) is 12.8 Å². The molecule has 2 heterocycles. The van der Waals surface area contributed by atoms with Crippen molar-refractivity contribution in [2.24, 2.45) is 5.92 Å². The molecule has 2 aliphatic heterocycles. The normalized spacial score (nSPS) is 19.6. The molecule has 0 N–H and O–H groups in total. The van der Waals surface area contributed by atoms with Gasteiger partial charge in [0, 0.05) is 57.8 Å². The molecule has 2 saturated heterocycles. The van der Waals surface area contributed by atoms with E-state index in [1.54, 1.807) is 0 Å². The molecule has 0 bridgehead atoms. The van der Waals surface area contributed by atoms with Crippen LogP contribution in [-0.4, -0.2) is 72.3 Å². The minimum Gasteiger partial charge on any atom is -0.343 e. The Kier molecular flexibility index (Phi) is 6.30. The summed E-state index contributed by atoms with van der Waals surface area (Å²) in [5.74, 6) is 1.12. The third-order valence-corrected chi connectivity index (χ3v) is 5.82. The van der Waals surface area contributed by atoms with Gasteiger partial charge >= 0.3 is 0 Å². The maximum atomic E-state index is 12.7. The van der Waals surface area contributed by atoms with Crippen molar-refractivity contribution in [3.05, 3.63) is 35.4 Å². The standard InChI is InChI=1S/C21H31N3O2/c1-3-20(25)23-10-8-18(9-11-23)16-22-12-14-24(15-13-22)21(26)19-7-5-4-6-17(19)2/h4-7,18H,3,8-16H2,1-2H3. The van der Waals surface area contributed by atoms with E-state index in [4.69, 9.17) is 0 Å². The number of piperazine rings is 1. The minimum absolute atomic E-state index is 0.161. The first-order valence-electron chi connectivity index (χ1n) is 9.93. The summed E-state index contributed by atoms with van der Waals surface area (Å²) >= 11 is 0. The summed E-state index contributed by atoms with van der Waals surface area (Å²) in [6.07, 6.45) is 2.82. The van der Waals surface area contributed by atoms with Gasteiger partial charge in [0.15, 0.2) is 0 Å². The Labute approximate surface area is 156 Å². The number of carbonyl (C=O) groups excluding carboxylic acids is 2. The summed E-state index contributed by atoms with van der Waals surface area (Å²) in [4.78, 5) is 31.0. The SMILES string of the molecule is CCC(=O)N1CCC(CN2CCN(C(=O)c3ccccc3C)CC2)CC1. The van der Waals surface area contributed by atoms with Gasteiger partial charge in [0.05, 0.1) is 0 Å². The first-order chi connectivity index (χ1) is 12.6. The van der Waals surface area contributed by atoms with Gasteiger partial charge in [-0.3, -0.25) is 14.5 Å². The smallest absolute Gasteiger partial charge is 0.254 e. The zero-order valence-electron chi connectivity index (χ0n) is 16.1. The van der Waals surface area contributed by atoms with Crippen molar-refractivity contribution >= 4 is 11.8 Å². The van der Waals surface area contributed by atoms with E-state index >= 15 is 0 Å². The lowest BCUT2D eigenvalue weighted by molar-refractivity contribution is -0.132. The van der Waals surface area contributed by atoms with E-state index < -0.39 is 0 Å². The van der Waals surface area contributed by atoms with Crippen LogP contribution in [0.3, 0.4) is 0 Å². The van der Waals surface area contributed by atoms with Crippen LogP contribution in [0.25, 0.3) is 0 Å². The molecule has 1 aromatic carbocycles. The summed E-state index contributed by atoms with van der Waals surface area (Å²) < 4.78 is 0. The van der Waals surface area contributed by atoms with Crippen LogP contribution in [0.2, 0.25) is 0 Å². The predicted octanol–water partition coefficient (Wildman–Crippen LogP) is 2.40. The first kappa shape index (κ1) is 18.9. The number of benzene rings is 1. The lowest BCUT2D eigenvalue weighted by Crippen LogP contribution is -2.50. The van der Waals surface area contributed by atoms with Crippen molar-refractivity contribution in [1.29, 1.82) is 0 Å². The summed E-state index contributed by atoms with van der Waals surface area (Å²) in [6.45, 7) is 10.4. The number of amides is 2. The quantitative estimate of drug-likeness (QED) is 0.831. The highest BCUT2D eigenvalue weighted by Crippen LogP contribution is 2.20. The number of nitrogens with zero attached hydrogens (tertiary/aromatic N) is 3. The van der Waals surface area contributed by atoms with Crippen LogP contribution >= 0.6 is 0 Å². The third-order valence-electron chi connectivity index (χ3n) is 5.82. The maximum absolute atomic E-state index is 12.7. The predicted molar refractivity (Wildman–Crippen MR) is 103 cm³/mol. The molecular weight excluding hydrogens is 326 g/mol. The molecule has 0 aliphatic carbocycles. The number of hydrogen-bond acceptors (Lipinski definition) is 3. The molecule has 0 saturated carbocycles. The van der Waals surface area contributed by atoms with Crippen LogP contribution in [0.15, 0.2) is 24.3 Å². The van der Waals surface area contributed by atoms with Gasteiger partial charge < -0.3 is 9.80 Å². The van der Waals surface area contributed by atoms with Crippen molar-refractivity contribution < 1.29 is 9.59 Å². The molecule has 2 amide bonds. The molecule has 0 atom stereocenters. The molecule has 0 aromatic heterocycles. The number of likely N-dealkylation sites (tertiary alicyclic amines) is 1. The van der Waals surface area contributed by atoms with Crippen molar-refractivity contribution in [2.75, 3.05) is 45.8 Å². The molecule has 0 unspecified atom stereocenters. The zero-order valence-corrected chi connectivity index (χ0v) is 16.1. The molecule has 142 valence electrons. The fourth-order valence-corrected chi connectivity index (χ4v) is 4.07. The van der Waals surface area contributed by atoms with Crippen LogP contribution in [-0.2, 0) is 4.79 Å². The summed E-state index contributed by atoms with van der Waals surface area (Å²) in [5, 5.41) is 0. The van der Waals surface area contributed by atoms with Gasteiger partial charge in [0.1, 0.15) is 0 Å². The summed E-state index contributed by atoms with van der Waals surface area (Å²) in [7, 11) is 0. The molecule has 3 rings (SSSR count). The molecule has 26 heavy (non-hydrogen) atoms. The first-order valence-corrected chi connectivity index (χ1v) is 9.93. The summed E-state index contributed by atoms with van der Waals surface area (Å²) in [6, 6.07) is 7.84. The molecule has 5 nitrogen and oxygen atoms in total. The fourth-order valence-electron chi connectivity index (χ4n) is 4.07. The van der Waals surface area contributed by atoms with Crippen molar-refractivity contribution in [3.63, 3.8) is 0 Å². The van der Waals surface area contributed by atoms with E-state index in [9.17, 15) is 9.59 Å². The van der Waals surface area contributed by atoms with E-state index in [1.165, 1.54) is 0 Å². The van der Waals surface area contributed by atoms with Crippen LogP contribution in [0.5, 0.6) is 0 Å². The van der Waals surface area contributed by atoms with E-state index in [0.717, 1.165) is 69.8 Å². The molecule has 5 heteroatoms. The largest absolute Gasteiger partial charge is 0.343 e. The number of carbonyl (C=O) groups is 2. The average molecular weight is 357 g/mol. The van der Waals surface area contributed by atoms with Gasteiger partial charge in [-0.2, -0.15) is 0 Å². The van der Waals surface area contributed by atoms with Gasteiger partial charge in [-0.1, -0.05) is 25.1 Å². The lowest BCUT2D eigenvalue weighted by atomic mass is 9.95. The van der Waals surface area contributed by atoms with Gasteiger partial charge in [-0.15, -0.1) is 0 Å². The Hall–Kier alpha value is -1.88. The van der Waals surface area contributed by atoms with Crippen LogP contribution in [0.1, 0.15) is 42.1 Å². The Morgan fingerprint density at radius 2 is 1.62 bits per heavy atom. The van der Waals surface area contributed by atoms with Crippen molar-refractivity contribution in [2.45, 2.75) is 33.1 Å². The fraction of sp³-hybridized carbons (Fsp3) is 0.619. The van der Waals surface area contributed by atoms with Crippen molar-refractivity contribution in [1.82, 2.24) is 14.7 Å². The molecule has 2 fully saturated rings. The number of rotatable bonds is 4. The number of hydrogen-bond donors (Lipinski definition) is 0. The molecule has 0 radical (unpaired) electrons. The number of aryl methyl sites for hydroxylation is 1.